The fourth-order valence-electron chi connectivity index (χ4n) is 1.66. The van der Waals surface area contributed by atoms with Crippen molar-refractivity contribution in [2.75, 3.05) is 11.3 Å². The Balaban J connectivity index is 2.22. The molecule has 7 heteroatoms. The van der Waals surface area contributed by atoms with Gasteiger partial charge in [0.05, 0.1) is 0 Å². The van der Waals surface area contributed by atoms with Crippen molar-refractivity contribution in [1.82, 2.24) is 5.32 Å². The van der Waals surface area contributed by atoms with Crippen molar-refractivity contribution in [1.29, 1.82) is 0 Å². The molecule has 0 spiro atoms. The fraction of sp³-hybridized carbons (Fsp3) is 0.231. The molecule has 0 unspecified atom stereocenters. The maximum absolute atomic E-state index is 12.8. The third-order valence-corrected chi connectivity index (χ3v) is 5.14. The minimum atomic E-state index is -3.65. The SMILES string of the molecule is CCNCc1sccc1S(=O)(=O)Nc1ccc(F)cc1. The third-order valence-electron chi connectivity index (χ3n) is 2.63. The zero-order chi connectivity index (χ0) is 14.6. The quantitative estimate of drug-likeness (QED) is 0.862. The van der Waals surface area contributed by atoms with E-state index in [-0.39, 0.29) is 4.90 Å². The first-order valence-electron chi connectivity index (χ1n) is 6.08. The van der Waals surface area contributed by atoms with Gasteiger partial charge in [-0.15, -0.1) is 11.3 Å². The Morgan fingerprint density at radius 3 is 2.55 bits per heavy atom. The molecule has 0 amide bonds. The molecule has 0 fully saturated rings. The van der Waals surface area contributed by atoms with Crippen LogP contribution in [0.4, 0.5) is 10.1 Å². The van der Waals surface area contributed by atoms with Crippen molar-refractivity contribution < 1.29 is 12.8 Å². The van der Waals surface area contributed by atoms with Crippen molar-refractivity contribution >= 4 is 27.0 Å². The molecule has 0 aliphatic carbocycles. The first-order valence-corrected chi connectivity index (χ1v) is 8.44. The van der Waals surface area contributed by atoms with Gasteiger partial charge in [-0.1, -0.05) is 6.92 Å². The monoisotopic (exact) mass is 314 g/mol. The number of hydrogen-bond donors (Lipinski definition) is 2. The molecule has 2 aromatic rings. The summed E-state index contributed by atoms with van der Waals surface area (Å²) in [5, 5.41) is 4.85. The van der Waals surface area contributed by atoms with Gasteiger partial charge >= 0.3 is 0 Å². The van der Waals surface area contributed by atoms with E-state index in [0.29, 0.717) is 12.2 Å². The summed E-state index contributed by atoms with van der Waals surface area (Å²) in [5.74, 6) is -0.406. The van der Waals surface area contributed by atoms with Gasteiger partial charge in [0.2, 0.25) is 0 Å². The Labute approximate surface area is 121 Å². The van der Waals surface area contributed by atoms with Crippen LogP contribution in [0.3, 0.4) is 0 Å². The van der Waals surface area contributed by atoms with Crippen LogP contribution in [0.15, 0.2) is 40.6 Å². The van der Waals surface area contributed by atoms with Gasteiger partial charge in [0.25, 0.3) is 10.0 Å². The van der Waals surface area contributed by atoms with Gasteiger partial charge in [0.1, 0.15) is 10.7 Å². The Bertz CT molecular complexity index is 666. The van der Waals surface area contributed by atoms with Crippen LogP contribution in [0.2, 0.25) is 0 Å². The summed E-state index contributed by atoms with van der Waals surface area (Å²) in [6.07, 6.45) is 0. The lowest BCUT2D eigenvalue weighted by molar-refractivity contribution is 0.599. The molecular formula is C13H15FN2O2S2. The molecule has 108 valence electrons. The first-order chi connectivity index (χ1) is 9.53. The summed E-state index contributed by atoms with van der Waals surface area (Å²) in [6.45, 7) is 3.23. The van der Waals surface area contributed by atoms with Crippen LogP contribution in [-0.4, -0.2) is 15.0 Å². The van der Waals surface area contributed by atoms with E-state index in [1.54, 1.807) is 11.4 Å². The molecule has 20 heavy (non-hydrogen) atoms. The van der Waals surface area contributed by atoms with Gasteiger partial charge in [-0.2, -0.15) is 0 Å². The molecule has 0 saturated heterocycles. The van der Waals surface area contributed by atoms with Gasteiger partial charge in [-0.3, -0.25) is 4.72 Å². The van der Waals surface area contributed by atoms with Crippen molar-refractivity contribution in [3.05, 3.63) is 46.4 Å². The molecule has 0 atom stereocenters. The lowest BCUT2D eigenvalue weighted by atomic mass is 10.3. The normalized spacial score (nSPS) is 11.5. The van der Waals surface area contributed by atoms with Crippen molar-refractivity contribution in [2.24, 2.45) is 0 Å². The Morgan fingerprint density at radius 1 is 1.20 bits per heavy atom. The number of hydrogen-bond acceptors (Lipinski definition) is 4. The molecule has 0 radical (unpaired) electrons. The van der Waals surface area contributed by atoms with Gasteiger partial charge in [0.15, 0.2) is 0 Å². The fourth-order valence-corrected chi connectivity index (χ4v) is 4.14. The molecular weight excluding hydrogens is 299 g/mol. The number of anilines is 1. The van der Waals surface area contributed by atoms with E-state index in [2.05, 4.69) is 10.0 Å². The largest absolute Gasteiger partial charge is 0.312 e. The second kappa shape index (κ2) is 6.34. The molecule has 1 heterocycles. The lowest BCUT2D eigenvalue weighted by Gasteiger charge is -2.09. The Morgan fingerprint density at radius 2 is 1.90 bits per heavy atom. The van der Waals surface area contributed by atoms with Crippen molar-refractivity contribution in [2.45, 2.75) is 18.4 Å². The number of nitrogens with one attached hydrogen (secondary N) is 2. The topological polar surface area (TPSA) is 58.2 Å². The maximum Gasteiger partial charge on any atom is 0.263 e. The average Bonchev–Trinajstić information content (AvgIpc) is 2.88. The highest BCUT2D eigenvalue weighted by molar-refractivity contribution is 7.93. The third kappa shape index (κ3) is 3.56. The predicted octanol–water partition coefficient (Wildman–Crippen LogP) is 2.80. The maximum atomic E-state index is 12.8. The molecule has 1 aromatic heterocycles. The van der Waals surface area contributed by atoms with Crippen molar-refractivity contribution in [3.63, 3.8) is 0 Å². The number of rotatable bonds is 6. The summed E-state index contributed by atoms with van der Waals surface area (Å²) >= 11 is 1.39. The predicted molar refractivity (Wildman–Crippen MR) is 78.9 cm³/mol. The minimum Gasteiger partial charge on any atom is -0.312 e. The van der Waals surface area contributed by atoms with Crippen LogP contribution < -0.4 is 10.0 Å². The number of sulfonamides is 1. The standard InChI is InChI=1S/C13H15FN2O2S2/c1-2-15-9-12-13(7-8-19-12)20(17,18)16-11-5-3-10(14)4-6-11/h3-8,15-16H,2,9H2,1H3. The van der Waals surface area contributed by atoms with Crippen LogP contribution in [0, 0.1) is 5.82 Å². The summed E-state index contributed by atoms with van der Waals surface area (Å²) in [4.78, 5) is 1.01. The Hall–Kier alpha value is -1.44. The van der Waals surface area contributed by atoms with Gasteiger partial charge in [-0.25, -0.2) is 12.8 Å². The zero-order valence-corrected chi connectivity index (χ0v) is 12.5. The molecule has 0 aliphatic rings. The second-order valence-electron chi connectivity index (χ2n) is 4.10. The number of thiophene rings is 1. The van der Waals surface area contributed by atoms with E-state index in [0.717, 1.165) is 11.4 Å². The molecule has 2 N–H and O–H groups in total. The van der Waals surface area contributed by atoms with E-state index in [1.165, 1.54) is 35.6 Å². The second-order valence-corrected chi connectivity index (χ2v) is 6.75. The van der Waals surface area contributed by atoms with Crippen LogP contribution in [0.25, 0.3) is 0 Å². The van der Waals surface area contributed by atoms with E-state index in [1.807, 2.05) is 6.92 Å². The molecule has 1 aromatic carbocycles. The van der Waals surface area contributed by atoms with Gasteiger partial charge in [-0.05, 0) is 42.3 Å². The van der Waals surface area contributed by atoms with E-state index < -0.39 is 15.8 Å². The molecule has 0 bridgehead atoms. The van der Waals surface area contributed by atoms with Crippen LogP contribution in [0.1, 0.15) is 11.8 Å². The van der Waals surface area contributed by atoms with Crippen LogP contribution in [-0.2, 0) is 16.6 Å². The minimum absolute atomic E-state index is 0.257. The number of halogens is 1. The number of benzene rings is 1. The summed E-state index contributed by atoms with van der Waals surface area (Å²) < 4.78 is 39.9. The molecule has 2 rings (SSSR count). The van der Waals surface area contributed by atoms with Crippen LogP contribution in [0.5, 0.6) is 0 Å². The van der Waals surface area contributed by atoms with Gasteiger partial charge < -0.3 is 5.32 Å². The first kappa shape index (κ1) is 15.0. The van der Waals surface area contributed by atoms with Crippen molar-refractivity contribution in [3.8, 4) is 0 Å². The molecule has 0 saturated carbocycles. The lowest BCUT2D eigenvalue weighted by Crippen LogP contribution is -2.17. The van der Waals surface area contributed by atoms with E-state index >= 15 is 0 Å². The summed E-state index contributed by atoms with van der Waals surface area (Å²) in [7, 11) is -3.65. The smallest absolute Gasteiger partial charge is 0.263 e. The molecule has 0 aliphatic heterocycles. The van der Waals surface area contributed by atoms with E-state index in [4.69, 9.17) is 0 Å². The zero-order valence-electron chi connectivity index (χ0n) is 10.9. The highest BCUT2D eigenvalue weighted by Crippen LogP contribution is 2.24. The van der Waals surface area contributed by atoms with Gasteiger partial charge in [0, 0.05) is 17.1 Å². The highest BCUT2D eigenvalue weighted by Gasteiger charge is 2.19. The summed E-state index contributed by atoms with van der Waals surface area (Å²) in [5.41, 5.74) is 0.340. The molecule has 4 nitrogen and oxygen atoms in total. The average molecular weight is 314 g/mol. The Kier molecular flexibility index (Phi) is 4.74. The van der Waals surface area contributed by atoms with E-state index in [9.17, 15) is 12.8 Å². The highest BCUT2D eigenvalue weighted by atomic mass is 32.2. The van der Waals surface area contributed by atoms with Crippen LogP contribution >= 0.6 is 11.3 Å². The summed E-state index contributed by atoms with van der Waals surface area (Å²) in [6, 6.07) is 6.78.